The number of aromatic nitrogens is 2. The van der Waals surface area contributed by atoms with Gasteiger partial charge in [0.05, 0.1) is 32.8 Å². The number of nitrogen functional groups attached to an aromatic ring is 1. The first-order chi connectivity index (χ1) is 26.1. The minimum absolute atomic E-state index is 0.0249. The Morgan fingerprint density at radius 1 is 1.22 bits per heavy atom. The highest BCUT2D eigenvalue weighted by atomic mass is 35.5. The Bertz CT molecular complexity index is 2280. The number of rotatable bonds is 8. The minimum atomic E-state index is -0.962. The molecule has 6 aliphatic rings. The van der Waals surface area contributed by atoms with Crippen molar-refractivity contribution in [2.45, 2.75) is 87.2 Å². The van der Waals surface area contributed by atoms with Crippen molar-refractivity contribution < 1.29 is 27.4 Å². The average Bonchev–Trinajstić information content (AvgIpc) is 4.01. The lowest BCUT2D eigenvalue weighted by Crippen LogP contribution is -2.43. The van der Waals surface area contributed by atoms with E-state index in [1.54, 1.807) is 0 Å². The van der Waals surface area contributed by atoms with Gasteiger partial charge in [0.1, 0.15) is 53.6 Å². The van der Waals surface area contributed by atoms with Crippen LogP contribution in [0.5, 0.6) is 11.8 Å². The number of anilines is 2. The molecule has 0 radical (unpaired) electrons. The molecule has 4 N–H and O–H groups in total. The average molecular weight is 779 g/mol. The first-order valence-corrected chi connectivity index (χ1v) is 19.9. The van der Waals surface area contributed by atoms with E-state index in [-0.39, 0.29) is 103 Å². The van der Waals surface area contributed by atoms with Gasteiger partial charge in [0, 0.05) is 42.0 Å². The number of nitrogens with zero attached hydrogens (tertiary/aromatic N) is 5. The highest BCUT2D eigenvalue weighted by Crippen LogP contribution is 2.51. The highest BCUT2D eigenvalue weighted by molar-refractivity contribution is 7.23. The van der Waals surface area contributed by atoms with Crippen LogP contribution in [0.3, 0.4) is 0 Å². The smallest absolute Gasteiger partial charge is 0.319 e. The van der Waals surface area contributed by atoms with Gasteiger partial charge in [-0.25, -0.2) is 13.2 Å². The molecule has 2 aromatic heterocycles. The summed E-state index contributed by atoms with van der Waals surface area (Å²) < 4.78 is 59.9. The van der Waals surface area contributed by atoms with Crippen molar-refractivity contribution in [3.8, 4) is 29.0 Å². The topological polar surface area (TPSA) is 152 Å². The summed E-state index contributed by atoms with van der Waals surface area (Å²) >= 11 is 8.01. The molecule has 10 rings (SSSR count). The van der Waals surface area contributed by atoms with E-state index in [0.29, 0.717) is 37.7 Å². The third kappa shape index (κ3) is 5.46. The number of thiophene rings is 1. The van der Waals surface area contributed by atoms with Crippen LogP contribution < -0.4 is 30.7 Å². The Kier molecular flexibility index (Phi) is 8.10. The SMILES string of the molecule is N#Cc1c(N)sc2c(F)ccc(-c3c(Cl)c4c5c(nc(OC[C@@]67CCCN6C[C@H](F)C7)nc5c3F)N(C3CCC(NC(=O)[C@@H]5N[C@H]5C5CC5)C3)CCO4)c12. The van der Waals surface area contributed by atoms with Crippen molar-refractivity contribution in [1.82, 2.24) is 25.5 Å². The second-order valence-corrected chi connectivity index (χ2v) is 17.2. The lowest BCUT2D eigenvalue weighted by atomic mass is 9.95. The van der Waals surface area contributed by atoms with E-state index in [2.05, 4.69) is 25.4 Å². The number of fused-ring (bicyclic) bond motifs is 2. The molecule has 0 bridgehead atoms. The largest absolute Gasteiger partial charge is 0.489 e. The number of hydrogen-bond donors (Lipinski definition) is 3. The van der Waals surface area contributed by atoms with Gasteiger partial charge in [0.25, 0.3) is 0 Å². The summed E-state index contributed by atoms with van der Waals surface area (Å²) in [4.78, 5) is 26.8. The zero-order valence-electron chi connectivity index (χ0n) is 29.3. The van der Waals surface area contributed by atoms with Crippen molar-refractivity contribution in [2.24, 2.45) is 5.92 Å². The fourth-order valence-corrected chi connectivity index (χ4v) is 10.9. The third-order valence-electron chi connectivity index (χ3n) is 12.4. The molecule has 2 aliphatic carbocycles. The van der Waals surface area contributed by atoms with Gasteiger partial charge in [-0.15, -0.1) is 11.3 Å². The number of nitrogens with two attached hydrogens (primary N) is 1. The number of ether oxygens (including phenoxy) is 2. The van der Waals surface area contributed by atoms with E-state index in [0.717, 1.165) is 43.6 Å². The summed E-state index contributed by atoms with van der Waals surface area (Å²) in [5.74, 6) is -0.220. The van der Waals surface area contributed by atoms with E-state index in [9.17, 15) is 14.4 Å². The lowest BCUT2D eigenvalue weighted by molar-refractivity contribution is -0.121. The van der Waals surface area contributed by atoms with Crippen molar-refractivity contribution in [1.29, 1.82) is 5.26 Å². The molecule has 282 valence electrons. The van der Waals surface area contributed by atoms with E-state index < -0.39 is 23.3 Å². The summed E-state index contributed by atoms with van der Waals surface area (Å²) in [5.41, 5.74) is 5.61. The first kappa shape index (κ1) is 34.4. The van der Waals surface area contributed by atoms with Gasteiger partial charge in [-0.3, -0.25) is 15.0 Å². The number of nitriles is 1. The van der Waals surface area contributed by atoms with Crippen molar-refractivity contribution >= 4 is 60.7 Å². The Balaban J connectivity index is 1.07. The Morgan fingerprint density at radius 2 is 2.07 bits per heavy atom. The van der Waals surface area contributed by atoms with Gasteiger partial charge < -0.3 is 25.4 Å². The number of carbonyl (C=O) groups excluding carboxylic acids is 1. The predicted octanol–water partition coefficient (Wildman–Crippen LogP) is 5.84. The monoisotopic (exact) mass is 778 g/mol. The molecule has 5 fully saturated rings. The van der Waals surface area contributed by atoms with Gasteiger partial charge in [-0.1, -0.05) is 17.7 Å². The Morgan fingerprint density at radius 3 is 2.89 bits per heavy atom. The molecule has 3 saturated heterocycles. The maximum absolute atomic E-state index is 17.4. The van der Waals surface area contributed by atoms with Crippen molar-refractivity contribution in [3.05, 3.63) is 34.4 Å². The molecule has 16 heteroatoms. The van der Waals surface area contributed by atoms with E-state index >= 15 is 8.78 Å². The van der Waals surface area contributed by atoms with Crippen LogP contribution in [-0.4, -0.2) is 89.5 Å². The maximum atomic E-state index is 17.4. The fraction of sp³-hybridized carbons (Fsp3) is 0.526. The van der Waals surface area contributed by atoms with Crippen LogP contribution in [0.15, 0.2) is 12.1 Å². The molecule has 1 amide bonds. The van der Waals surface area contributed by atoms with Crippen LogP contribution in [0.2, 0.25) is 5.02 Å². The van der Waals surface area contributed by atoms with Crippen molar-refractivity contribution in [2.75, 3.05) is 43.5 Å². The fourth-order valence-electron chi connectivity index (χ4n) is 9.66. The second kappa shape index (κ2) is 12.7. The van der Waals surface area contributed by atoms with E-state index in [4.69, 9.17) is 31.8 Å². The summed E-state index contributed by atoms with van der Waals surface area (Å²) in [7, 11) is 0. The molecular weight excluding hydrogens is 741 g/mol. The number of amides is 1. The van der Waals surface area contributed by atoms with Gasteiger partial charge in [-0.2, -0.15) is 15.2 Å². The Hall–Kier alpha value is -4.10. The minimum Gasteiger partial charge on any atom is -0.489 e. The van der Waals surface area contributed by atoms with Gasteiger partial charge in [-0.05, 0) is 69.0 Å². The number of carbonyl (C=O) groups is 1. The summed E-state index contributed by atoms with van der Waals surface area (Å²) in [6, 6.07) is 4.60. The van der Waals surface area contributed by atoms with E-state index in [1.165, 1.54) is 25.0 Å². The molecule has 4 aliphatic heterocycles. The van der Waals surface area contributed by atoms with Crippen LogP contribution in [0, 0.1) is 28.9 Å². The molecule has 2 saturated carbocycles. The quantitative estimate of drug-likeness (QED) is 0.186. The van der Waals surface area contributed by atoms with Crippen LogP contribution in [0.4, 0.5) is 24.0 Å². The van der Waals surface area contributed by atoms with Crippen LogP contribution in [-0.2, 0) is 4.79 Å². The molecule has 6 heterocycles. The molecule has 2 aromatic carbocycles. The lowest BCUT2D eigenvalue weighted by Gasteiger charge is -2.32. The predicted molar refractivity (Wildman–Crippen MR) is 199 cm³/mol. The summed E-state index contributed by atoms with van der Waals surface area (Å²) in [6.07, 6.45) is 5.57. The number of benzene rings is 2. The maximum Gasteiger partial charge on any atom is 0.319 e. The number of alkyl halides is 1. The normalized spacial score (nSPS) is 28.9. The van der Waals surface area contributed by atoms with Crippen molar-refractivity contribution in [3.63, 3.8) is 0 Å². The summed E-state index contributed by atoms with van der Waals surface area (Å²) in [6.45, 7) is 1.82. The van der Waals surface area contributed by atoms with Gasteiger partial charge in [0.2, 0.25) is 5.91 Å². The number of nitrogens with one attached hydrogen (secondary N) is 2. The highest BCUT2D eigenvalue weighted by Gasteiger charge is 2.52. The molecule has 2 unspecified atom stereocenters. The molecular formula is C38H38ClF3N8O3S. The number of hydrogen-bond acceptors (Lipinski definition) is 11. The first-order valence-electron chi connectivity index (χ1n) is 18.8. The van der Waals surface area contributed by atoms with Gasteiger partial charge in [0.15, 0.2) is 11.6 Å². The molecule has 54 heavy (non-hydrogen) atoms. The molecule has 11 nitrogen and oxygen atoms in total. The zero-order valence-corrected chi connectivity index (χ0v) is 30.8. The zero-order chi connectivity index (χ0) is 37.0. The Labute approximate surface area is 317 Å². The molecule has 6 atom stereocenters. The van der Waals surface area contributed by atoms with Crippen LogP contribution in [0.1, 0.15) is 56.9 Å². The molecule has 4 aromatic rings. The summed E-state index contributed by atoms with van der Waals surface area (Å²) in [5, 5.41) is 17.0. The van der Waals surface area contributed by atoms with Crippen LogP contribution >= 0.6 is 22.9 Å². The van der Waals surface area contributed by atoms with E-state index in [1.807, 2.05) is 6.07 Å². The van der Waals surface area contributed by atoms with Gasteiger partial charge >= 0.3 is 6.01 Å². The standard InChI is InChI=1S/C38H38ClF3N8O3S/c39-27-25(21-6-7-23(41)33-24(21)22(14-43)34(44)54-33)28(42)30-26-32(27)52-11-10-50(20-5-4-19(12-20)45-36(51)31-29(46-31)17-2-3-17)35(26)48-37(47-30)53-16-38-8-1-9-49(38)15-18(40)13-38/h6-7,17-20,29,31,46H,1-5,8-13,15-16,44H2,(H,45,51)/t18-,19?,20?,29+,31-,38+/m1/s1. The third-order valence-corrected chi connectivity index (χ3v) is 13.8. The van der Waals surface area contributed by atoms with Crippen LogP contribution in [0.25, 0.3) is 32.1 Å². The number of halogens is 4. The second-order valence-electron chi connectivity index (χ2n) is 15.7. The molecule has 0 spiro atoms.